The van der Waals surface area contributed by atoms with Crippen molar-refractivity contribution in [3.05, 3.63) is 0 Å². The zero-order chi connectivity index (χ0) is 17.5. The van der Waals surface area contributed by atoms with E-state index in [0.717, 1.165) is 45.2 Å². The van der Waals surface area contributed by atoms with Crippen LogP contribution in [-0.4, -0.2) is 85.0 Å². The molecule has 0 spiro atoms. The third-order valence-electron chi connectivity index (χ3n) is 5.14. The van der Waals surface area contributed by atoms with E-state index in [1.165, 1.54) is 25.9 Å². The van der Waals surface area contributed by atoms with Crippen molar-refractivity contribution in [3.8, 4) is 0 Å². The molecule has 2 rings (SSSR count). The van der Waals surface area contributed by atoms with E-state index in [-0.39, 0.29) is 5.91 Å². The number of carbonyl (C=O) groups excluding carboxylic acids is 1. The van der Waals surface area contributed by atoms with Gasteiger partial charge in [0.2, 0.25) is 5.91 Å². The molecule has 1 atom stereocenters. The number of hydrogen-bond acceptors (Lipinski definition) is 3. The lowest BCUT2D eigenvalue weighted by molar-refractivity contribution is -0.130. The van der Waals surface area contributed by atoms with E-state index >= 15 is 0 Å². The van der Waals surface area contributed by atoms with Gasteiger partial charge in [0.05, 0.1) is 0 Å². The fourth-order valence-corrected chi connectivity index (χ4v) is 3.59. The van der Waals surface area contributed by atoms with Gasteiger partial charge in [-0.2, -0.15) is 0 Å². The fraction of sp³-hybridized carbons (Fsp3) is 0.889. The Balaban J connectivity index is 1.90. The molecule has 2 aliphatic heterocycles. The predicted octanol–water partition coefficient (Wildman–Crippen LogP) is 1.24. The maximum Gasteiger partial charge on any atom is 0.219 e. The van der Waals surface area contributed by atoms with Gasteiger partial charge in [-0.3, -0.25) is 9.79 Å². The first-order valence-corrected chi connectivity index (χ1v) is 9.54. The van der Waals surface area contributed by atoms with Crippen LogP contribution in [0.1, 0.15) is 40.5 Å². The molecule has 138 valence electrons. The van der Waals surface area contributed by atoms with Crippen molar-refractivity contribution in [1.82, 2.24) is 20.0 Å². The number of aliphatic imine (C=N–C) groups is 1. The van der Waals surface area contributed by atoms with E-state index < -0.39 is 0 Å². The van der Waals surface area contributed by atoms with Crippen LogP contribution in [0.5, 0.6) is 0 Å². The van der Waals surface area contributed by atoms with E-state index in [9.17, 15) is 4.79 Å². The number of rotatable bonds is 4. The van der Waals surface area contributed by atoms with Crippen LogP contribution in [0.25, 0.3) is 0 Å². The smallest absolute Gasteiger partial charge is 0.219 e. The van der Waals surface area contributed by atoms with Crippen LogP contribution in [0, 0.1) is 5.92 Å². The Morgan fingerprint density at radius 3 is 2.42 bits per heavy atom. The lowest BCUT2D eigenvalue weighted by Crippen LogP contribution is -2.53. The topological polar surface area (TPSA) is 51.2 Å². The predicted molar refractivity (Wildman–Crippen MR) is 99.2 cm³/mol. The molecule has 1 N–H and O–H groups in total. The Bertz CT molecular complexity index is 429. The largest absolute Gasteiger partial charge is 0.357 e. The Morgan fingerprint density at radius 2 is 1.83 bits per heavy atom. The molecular weight excluding hydrogens is 302 g/mol. The molecule has 1 unspecified atom stereocenters. The quantitative estimate of drug-likeness (QED) is 0.619. The molecule has 24 heavy (non-hydrogen) atoms. The minimum atomic E-state index is 0.174. The highest BCUT2D eigenvalue weighted by atomic mass is 16.2. The molecule has 2 aliphatic rings. The third kappa shape index (κ3) is 5.36. The molecule has 0 aromatic heterocycles. The highest BCUT2D eigenvalue weighted by molar-refractivity contribution is 5.80. The second-order valence-corrected chi connectivity index (χ2v) is 7.28. The second-order valence-electron chi connectivity index (χ2n) is 7.28. The number of piperidine rings is 1. The van der Waals surface area contributed by atoms with Crippen LogP contribution in [0.4, 0.5) is 0 Å². The minimum absolute atomic E-state index is 0.174. The zero-order valence-corrected chi connectivity index (χ0v) is 15.9. The van der Waals surface area contributed by atoms with E-state index in [2.05, 4.69) is 35.9 Å². The maximum absolute atomic E-state index is 11.5. The highest BCUT2D eigenvalue weighted by Crippen LogP contribution is 2.18. The summed E-state index contributed by atoms with van der Waals surface area (Å²) in [6, 6.07) is 0.629. The van der Waals surface area contributed by atoms with Gasteiger partial charge in [0.25, 0.3) is 0 Å². The van der Waals surface area contributed by atoms with Crippen molar-refractivity contribution in [2.45, 2.75) is 46.6 Å². The summed E-state index contributed by atoms with van der Waals surface area (Å²) in [5.74, 6) is 1.85. The molecule has 6 nitrogen and oxygen atoms in total. The van der Waals surface area contributed by atoms with Gasteiger partial charge in [0, 0.05) is 58.8 Å². The number of nitrogens with one attached hydrogen (secondary N) is 1. The molecule has 0 saturated carbocycles. The number of likely N-dealkylation sites (tertiary alicyclic amines) is 1. The third-order valence-corrected chi connectivity index (χ3v) is 5.14. The average Bonchev–Trinajstić information content (AvgIpc) is 2.59. The summed E-state index contributed by atoms with van der Waals surface area (Å²) in [7, 11) is 0. The van der Waals surface area contributed by atoms with E-state index in [1.54, 1.807) is 6.92 Å². The first-order valence-electron chi connectivity index (χ1n) is 9.54. The molecule has 1 amide bonds. The summed E-state index contributed by atoms with van der Waals surface area (Å²) in [6.45, 7) is 15.8. The Labute approximate surface area is 147 Å². The number of amides is 1. The average molecular weight is 338 g/mol. The van der Waals surface area contributed by atoms with Crippen molar-refractivity contribution in [3.63, 3.8) is 0 Å². The van der Waals surface area contributed by atoms with Gasteiger partial charge in [-0.15, -0.1) is 0 Å². The first-order chi connectivity index (χ1) is 11.5. The molecule has 2 fully saturated rings. The van der Waals surface area contributed by atoms with Gasteiger partial charge in [-0.1, -0.05) is 0 Å². The van der Waals surface area contributed by atoms with Crippen LogP contribution in [0.3, 0.4) is 0 Å². The van der Waals surface area contributed by atoms with Gasteiger partial charge in [0.15, 0.2) is 5.96 Å². The monoisotopic (exact) mass is 337 g/mol. The maximum atomic E-state index is 11.5. The first kappa shape index (κ1) is 19.0. The van der Waals surface area contributed by atoms with Crippen molar-refractivity contribution in [1.29, 1.82) is 0 Å². The molecule has 6 heteroatoms. The molecule has 0 radical (unpaired) electrons. The zero-order valence-electron chi connectivity index (χ0n) is 15.9. The molecule has 0 aliphatic carbocycles. The summed E-state index contributed by atoms with van der Waals surface area (Å²) < 4.78 is 0. The lowest BCUT2D eigenvalue weighted by Gasteiger charge is -2.37. The summed E-state index contributed by atoms with van der Waals surface area (Å²) >= 11 is 0. The number of nitrogens with zero attached hydrogens (tertiary/aromatic N) is 4. The van der Waals surface area contributed by atoms with E-state index in [0.29, 0.717) is 12.0 Å². The molecule has 2 heterocycles. The van der Waals surface area contributed by atoms with Crippen LogP contribution >= 0.6 is 0 Å². The highest BCUT2D eigenvalue weighted by Gasteiger charge is 2.23. The Hall–Kier alpha value is -1.30. The lowest BCUT2D eigenvalue weighted by atomic mass is 9.97. The summed E-state index contributed by atoms with van der Waals surface area (Å²) in [5, 5.41) is 3.43. The van der Waals surface area contributed by atoms with Gasteiger partial charge in [-0.25, -0.2) is 0 Å². The van der Waals surface area contributed by atoms with Gasteiger partial charge in [0.1, 0.15) is 0 Å². The van der Waals surface area contributed by atoms with E-state index in [4.69, 9.17) is 4.99 Å². The number of piperazine rings is 1. The standard InChI is InChI=1S/C18H35N5O/c1-5-19-18(22-11-9-21(10-12-22)16(4)24)20-13-17-7-6-8-23(14-17)15(2)3/h15,17H,5-14H2,1-4H3,(H,19,20). The Morgan fingerprint density at radius 1 is 1.17 bits per heavy atom. The summed E-state index contributed by atoms with van der Waals surface area (Å²) in [6.07, 6.45) is 2.57. The van der Waals surface area contributed by atoms with Crippen LogP contribution in [0.2, 0.25) is 0 Å². The molecule has 0 bridgehead atoms. The number of guanidine groups is 1. The normalized spacial score (nSPS) is 23.7. The number of hydrogen-bond donors (Lipinski definition) is 1. The molecular formula is C18H35N5O. The minimum Gasteiger partial charge on any atom is -0.357 e. The SMILES string of the molecule is CCNC(=NCC1CCCN(C(C)C)C1)N1CCN(C(C)=O)CC1. The molecule has 0 aromatic carbocycles. The molecule has 0 aromatic rings. The van der Waals surface area contributed by atoms with Crippen molar-refractivity contribution in [2.24, 2.45) is 10.9 Å². The summed E-state index contributed by atoms with van der Waals surface area (Å²) in [5.41, 5.74) is 0. The number of carbonyl (C=O) groups is 1. The van der Waals surface area contributed by atoms with E-state index in [1.807, 2.05) is 4.90 Å². The second kappa shape index (κ2) is 9.25. The molecule has 2 saturated heterocycles. The van der Waals surface area contributed by atoms with Crippen molar-refractivity contribution < 1.29 is 4.79 Å². The van der Waals surface area contributed by atoms with Crippen LogP contribution < -0.4 is 5.32 Å². The van der Waals surface area contributed by atoms with Crippen LogP contribution in [0.15, 0.2) is 4.99 Å². The van der Waals surface area contributed by atoms with Gasteiger partial charge >= 0.3 is 0 Å². The summed E-state index contributed by atoms with van der Waals surface area (Å²) in [4.78, 5) is 23.2. The van der Waals surface area contributed by atoms with Gasteiger partial charge in [-0.05, 0) is 46.1 Å². The van der Waals surface area contributed by atoms with Crippen LogP contribution in [-0.2, 0) is 4.79 Å². The fourth-order valence-electron chi connectivity index (χ4n) is 3.59. The van der Waals surface area contributed by atoms with Crippen molar-refractivity contribution >= 4 is 11.9 Å². The van der Waals surface area contributed by atoms with Gasteiger partial charge < -0.3 is 20.0 Å². The Kier molecular flexibility index (Phi) is 7.34. The van der Waals surface area contributed by atoms with Crippen molar-refractivity contribution in [2.75, 3.05) is 52.4 Å².